The van der Waals surface area contributed by atoms with Gasteiger partial charge in [-0.05, 0) is 60.4 Å². The van der Waals surface area contributed by atoms with Gasteiger partial charge in [0.25, 0.3) is 0 Å². The van der Waals surface area contributed by atoms with E-state index in [0.29, 0.717) is 11.5 Å². The van der Waals surface area contributed by atoms with Crippen LogP contribution in [0.5, 0.6) is 11.5 Å². The van der Waals surface area contributed by atoms with Crippen LogP contribution < -0.4 is 10.1 Å². The number of aromatic hydroxyl groups is 1. The molecule has 3 aliphatic rings. The van der Waals surface area contributed by atoms with Crippen LogP contribution in [0.15, 0.2) is 35.6 Å². The largest absolute Gasteiger partial charge is 0.504 e. The van der Waals surface area contributed by atoms with Crippen LogP contribution in [0, 0.1) is 0 Å². The summed E-state index contributed by atoms with van der Waals surface area (Å²) in [6.07, 6.45) is 5.25. The standard InChI is InChI=1S/C18H19NO4/c1-22-16-6-10-5-13-12-8-15(21)17(23-2)9-18(12,3-4-19-13)11(10)7-14(16)20/h6-9,13,19-20H,3-5H2,1-2H3. The fraction of sp³-hybridized carbons (Fsp3) is 0.389. The van der Waals surface area contributed by atoms with E-state index in [0.717, 1.165) is 36.1 Å². The van der Waals surface area contributed by atoms with Crippen LogP contribution in [-0.4, -0.2) is 37.7 Å². The summed E-state index contributed by atoms with van der Waals surface area (Å²) < 4.78 is 10.5. The van der Waals surface area contributed by atoms with Crippen LogP contribution in [0.25, 0.3) is 0 Å². The zero-order valence-electron chi connectivity index (χ0n) is 13.2. The molecule has 0 saturated carbocycles. The lowest BCUT2D eigenvalue weighted by molar-refractivity contribution is -0.114. The second-order valence-electron chi connectivity index (χ2n) is 6.29. The maximum Gasteiger partial charge on any atom is 0.220 e. The molecule has 2 aliphatic carbocycles. The van der Waals surface area contributed by atoms with Crippen molar-refractivity contribution < 1.29 is 19.4 Å². The molecule has 1 aliphatic heterocycles. The van der Waals surface area contributed by atoms with Crippen molar-refractivity contribution >= 4 is 5.78 Å². The van der Waals surface area contributed by atoms with Crippen molar-refractivity contribution in [2.75, 3.05) is 20.8 Å². The number of carbonyl (C=O) groups excluding carboxylic acids is 1. The van der Waals surface area contributed by atoms with E-state index in [1.807, 2.05) is 12.1 Å². The number of fused-ring (bicyclic) bond motifs is 1. The SMILES string of the molecule is COC1=CC23CCNC(Cc4cc(OC)c(O)cc42)C3=CC1=O. The summed E-state index contributed by atoms with van der Waals surface area (Å²) >= 11 is 0. The highest BCUT2D eigenvalue weighted by atomic mass is 16.5. The summed E-state index contributed by atoms with van der Waals surface area (Å²) in [6, 6.07) is 3.81. The average Bonchev–Trinajstić information content (AvgIpc) is 2.55. The fourth-order valence-electron chi connectivity index (χ4n) is 4.19. The van der Waals surface area contributed by atoms with Gasteiger partial charge in [-0.15, -0.1) is 0 Å². The van der Waals surface area contributed by atoms with Crippen molar-refractivity contribution in [1.82, 2.24) is 5.32 Å². The molecule has 1 fully saturated rings. The van der Waals surface area contributed by atoms with Gasteiger partial charge in [0.15, 0.2) is 17.3 Å². The number of phenolic OH excluding ortho intramolecular Hbond substituents is 1. The molecular formula is C18H19NO4. The number of hydrogen-bond acceptors (Lipinski definition) is 5. The fourth-order valence-corrected chi connectivity index (χ4v) is 4.19. The minimum absolute atomic E-state index is 0.0898. The van der Waals surface area contributed by atoms with Crippen molar-refractivity contribution in [2.24, 2.45) is 0 Å². The van der Waals surface area contributed by atoms with Crippen LogP contribution in [-0.2, 0) is 21.4 Å². The third-order valence-corrected chi connectivity index (χ3v) is 5.24. The van der Waals surface area contributed by atoms with Crippen molar-refractivity contribution in [3.05, 3.63) is 46.7 Å². The molecule has 5 heteroatoms. The van der Waals surface area contributed by atoms with Gasteiger partial charge in [-0.3, -0.25) is 4.79 Å². The Bertz CT molecular complexity index is 765. The summed E-state index contributed by atoms with van der Waals surface area (Å²) in [6.45, 7) is 0.857. The van der Waals surface area contributed by atoms with Gasteiger partial charge in [0.2, 0.25) is 5.78 Å². The molecule has 0 amide bonds. The third kappa shape index (κ3) is 1.86. The first-order valence-electron chi connectivity index (χ1n) is 7.76. The molecule has 0 aromatic heterocycles. The van der Waals surface area contributed by atoms with Gasteiger partial charge >= 0.3 is 0 Å². The zero-order chi connectivity index (χ0) is 16.2. The molecule has 1 heterocycles. The van der Waals surface area contributed by atoms with Crippen molar-refractivity contribution in [2.45, 2.75) is 24.3 Å². The summed E-state index contributed by atoms with van der Waals surface area (Å²) in [4.78, 5) is 12.2. The van der Waals surface area contributed by atoms with Gasteiger partial charge in [-0.1, -0.05) is 0 Å². The molecule has 1 aromatic carbocycles. The minimum atomic E-state index is -0.382. The Balaban J connectivity index is 1.98. The predicted octanol–water partition coefficient (Wildman–Crippen LogP) is 1.60. The topological polar surface area (TPSA) is 67.8 Å². The number of nitrogens with one attached hydrogen (secondary N) is 1. The van der Waals surface area contributed by atoms with E-state index in [2.05, 4.69) is 5.32 Å². The number of hydrogen-bond donors (Lipinski definition) is 2. The second kappa shape index (κ2) is 4.86. The molecule has 2 N–H and O–H groups in total. The Morgan fingerprint density at radius 1 is 1.30 bits per heavy atom. The summed E-state index contributed by atoms with van der Waals surface area (Å²) in [5.41, 5.74) is 2.87. The number of carbonyl (C=O) groups is 1. The number of piperidine rings is 1. The Labute approximate surface area is 134 Å². The molecule has 1 saturated heterocycles. The molecule has 4 rings (SSSR count). The van der Waals surface area contributed by atoms with Crippen LogP contribution in [0.2, 0.25) is 0 Å². The highest BCUT2D eigenvalue weighted by Crippen LogP contribution is 2.51. The zero-order valence-corrected chi connectivity index (χ0v) is 13.2. The molecule has 5 nitrogen and oxygen atoms in total. The first-order chi connectivity index (χ1) is 11.1. The van der Waals surface area contributed by atoms with Gasteiger partial charge in [0.05, 0.1) is 14.2 Å². The number of allylic oxidation sites excluding steroid dienone is 2. The van der Waals surface area contributed by atoms with E-state index in [1.54, 1.807) is 19.3 Å². The predicted molar refractivity (Wildman–Crippen MR) is 84.6 cm³/mol. The van der Waals surface area contributed by atoms with Gasteiger partial charge in [0.1, 0.15) is 0 Å². The number of methoxy groups -OCH3 is 2. The Kier molecular flexibility index (Phi) is 3.03. The molecule has 120 valence electrons. The second-order valence-corrected chi connectivity index (χ2v) is 6.29. The van der Waals surface area contributed by atoms with E-state index < -0.39 is 0 Å². The smallest absolute Gasteiger partial charge is 0.220 e. The van der Waals surface area contributed by atoms with Crippen molar-refractivity contribution in [1.29, 1.82) is 0 Å². The lowest BCUT2D eigenvalue weighted by Crippen LogP contribution is -2.53. The van der Waals surface area contributed by atoms with E-state index in [9.17, 15) is 9.90 Å². The van der Waals surface area contributed by atoms with Crippen LogP contribution >= 0.6 is 0 Å². The van der Waals surface area contributed by atoms with Gasteiger partial charge < -0.3 is 19.9 Å². The monoisotopic (exact) mass is 313 g/mol. The average molecular weight is 313 g/mol. The maximum atomic E-state index is 12.2. The first-order valence-corrected chi connectivity index (χ1v) is 7.76. The van der Waals surface area contributed by atoms with Crippen molar-refractivity contribution in [3.63, 3.8) is 0 Å². The Hall–Kier alpha value is -2.27. The van der Waals surface area contributed by atoms with E-state index in [-0.39, 0.29) is 23.0 Å². The van der Waals surface area contributed by atoms with E-state index in [4.69, 9.17) is 9.47 Å². The Morgan fingerprint density at radius 2 is 2.13 bits per heavy atom. The summed E-state index contributed by atoms with van der Waals surface area (Å²) in [5, 5.41) is 13.7. The van der Waals surface area contributed by atoms with E-state index >= 15 is 0 Å². The highest BCUT2D eigenvalue weighted by molar-refractivity contribution is 6.05. The summed E-state index contributed by atoms with van der Waals surface area (Å²) in [7, 11) is 3.07. The number of ether oxygens (including phenoxy) is 2. The van der Waals surface area contributed by atoms with E-state index in [1.165, 1.54) is 7.11 Å². The molecule has 2 atom stereocenters. The quantitative estimate of drug-likeness (QED) is 0.868. The number of benzene rings is 1. The molecule has 23 heavy (non-hydrogen) atoms. The van der Waals surface area contributed by atoms with Gasteiger partial charge in [-0.2, -0.15) is 0 Å². The first kappa shape index (κ1) is 14.3. The van der Waals surface area contributed by atoms with Crippen LogP contribution in [0.1, 0.15) is 17.5 Å². The number of ketones is 1. The minimum Gasteiger partial charge on any atom is -0.504 e. The molecule has 2 bridgehead atoms. The lowest BCUT2D eigenvalue weighted by Gasteiger charge is -2.49. The maximum absolute atomic E-state index is 12.2. The Morgan fingerprint density at radius 3 is 2.87 bits per heavy atom. The molecule has 2 unspecified atom stereocenters. The van der Waals surface area contributed by atoms with Gasteiger partial charge in [0, 0.05) is 11.5 Å². The van der Waals surface area contributed by atoms with Crippen molar-refractivity contribution in [3.8, 4) is 11.5 Å². The number of phenols is 1. The summed E-state index contributed by atoms with van der Waals surface area (Å²) in [5.74, 6) is 0.889. The number of rotatable bonds is 2. The van der Waals surface area contributed by atoms with Crippen LogP contribution in [0.3, 0.4) is 0 Å². The molecule has 0 radical (unpaired) electrons. The molecule has 0 spiro atoms. The molecule has 1 aromatic rings. The normalized spacial score (nSPS) is 28.3. The van der Waals surface area contributed by atoms with Gasteiger partial charge in [-0.25, -0.2) is 0 Å². The van der Waals surface area contributed by atoms with Crippen LogP contribution in [0.4, 0.5) is 0 Å². The lowest BCUT2D eigenvalue weighted by atomic mass is 9.59. The molecular weight excluding hydrogens is 294 g/mol. The highest BCUT2D eigenvalue weighted by Gasteiger charge is 2.49. The third-order valence-electron chi connectivity index (χ3n) is 5.24.